The van der Waals surface area contributed by atoms with Crippen molar-refractivity contribution < 1.29 is 9.90 Å². The van der Waals surface area contributed by atoms with E-state index in [9.17, 15) is 4.79 Å². The van der Waals surface area contributed by atoms with Crippen LogP contribution in [0, 0.1) is 22.7 Å². The summed E-state index contributed by atoms with van der Waals surface area (Å²) in [5.41, 5.74) is -1.14. The SMILES string of the molecule is N#CC1(C(=O)O)CC2CCCN(C2)C1. The zero-order chi connectivity index (χ0) is 10.2. The van der Waals surface area contributed by atoms with Gasteiger partial charge in [-0.2, -0.15) is 5.26 Å². The van der Waals surface area contributed by atoms with Crippen LogP contribution in [0.15, 0.2) is 0 Å². The molecule has 0 aromatic rings. The van der Waals surface area contributed by atoms with Gasteiger partial charge >= 0.3 is 5.97 Å². The van der Waals surface area contributed by atoms with Crippen molar-refractivity contribution in [2.24, 2.45) is 11.3 Å². The number of nitriles is 1. The molecule has 2 bridgehead atoms. The Morgan fingerprint density at radius 2 is 2.43 bits per heavy atom. The monoisotopic (exact) mass is 194 g/mol. The molecule has 2 aliphatic heterocycles. The topological polar surface area (TPSA) is 64.3 Å². The number of rotatable bonds is 1. The molecular weight excluding hydrogens is 180 g/mol. The third-order valence-electron chi connectivity index (χ3n) is 3.36. The zero-order valence-corrected chi connectivity index (χ0v) is 8.07. The fourth-order valence-corrected chi connectivity index (χ4v) is 2.68. The second-order valence-electron chi connectivity index (χ2n) is 4.45. The number of carboxylic acids is 1. The number of hydrogen-bond donors (Lipinski definition) is 1. The molecule has 0 amide bonds. The lowest BCUT2D eigenvalue weighted by Gasteiger charge is -2.43. The number of fused-ring (bicyclic) bond motifs is 2. The summed E-state index contributed by atoms with van der Waals surface area (Å²) in [6.45, 7) is 2.35. The summed E-state index contributed by atoms with van der Waals surface area (Å²) in [5, 5.41) is 18.1. The summed E-state index contributed by atoms with van der Waals surface area (Å²) in [4.78, 5) is 13.2. The second-order valence-corrected chi connectivity index (χ2v) is 4.45. The van der Waals surface area contributed by atoms with Gasteiger partial charge in [-0.15, -0.1) is 0 Å². The van der Waals surface area contributed by atoms with E-state index in [1.807, 2.05) is 6.07 Å². The standard InChI is InChI=1S/C10H14N2O2/c11-6-10(9(13)14)4-8-2-1-3-12(5-8)7-10/h8H,1-5,7H2,(H,13,14). The Morgan fingerprint density at radius 3 is 3.00 bits per heavy atom. The average Bonchev–Trinajstić information content (AvgIpc) is 2.16. The summed E-state index contributed by atoms with van der Waals surface area (Å²) >= 11 is 0. The molecule has 0 saturated carbocycles. The van der Waals surface area contributed by atoms with Crippen molar-refractivity contribution in [1.29, 1.82) is 5.26 Å². The molecule has 2 rings (SSSR count). The Kier molecular flexibility index (Phi) is 2.20. The summed E-state index contributed by atoms with van der Waals surface area (Å²) < 4.78 is 0. The molecule has 2 saturated heterocycles. The molecule has 76 valence electrons. The summed E-state index contributed by atoms with van der Waals surface area (Å²) in [5.74, 6) is -0.537. The normalized spacial score (nSPS) is 41.4. The van der Waals surface area contributed by atoms with Gasteiger partial charge in [-0.3, -0.25) is 4.79 Å². The number of carboxylic acid groups (broad SMARTS) is 1. The van der Waals surface area contributed by atoms with E-state index in [2.05, 4.69) is 4.90 Å². The molecule has 0 aromatic heterocycles. The smallest absolute Gasteiger partial charge is 0.325 e. The number of aliphatic carboxylic acids is 1. The summed E-state index contributed by atoms with van der Waals surface area (Å²) in [7, 11) is 0. The number of nitrogens with zero attached hydrogens (tertiary/aromatic N) is 2. The van der Waals surface area contributed by atoms with Crippen molar-refractivity contribution in [3.05, 3.63) is 0 Å². The molecule has 2 fully saturated rings. The maximum absolute atomic E-state index is 11.1. The molecule has 4 nitrogen and oxygen atoms in total. The lowest BCUT2D eigenvalue weighted by atomic mass is 9.73. The molecule has 2 heterocycles. The maximum atomic E-state index is 11.1. The first-order valence-electron chi connectivity index (χ1n) is 5.03. The van der Waals surface area contributed by atoms with E-state index in [-0.39, 0.29) is 0 Å². The van der Waals surface area contributed by atoms with Gasteiger partial charge in [0.1, 0.15) is 0 Å². The molecular formula is C10H14N2O2. The van der Waals surface area contributed by atoms with Crippen LogP contribution in [0.4, 0.5) is 0 Å². The van der Waals surface area contributed by atoms with Gasteiger partial charge < -0.3 is 10.0 Å². The quantitative estimate of drug-likeness (QED) is 0.667. The fraction of sp³-hybridized carbons (Fsp3) is 0.800. The first kappa shape index (κ1) is 9.47. The van der Waals surface area contributed by atoms with Gasteiger partial charge in [0.15, 0.2) is 5.41 Å². The Balaban J connectivity index is 2.22. The van der Waals surface area contributed by atoms with Crippen molar-refractivity contribution >= 4 is 5.97 Å². The van der Waals surface area contributed by atoms with Gasteiger partial charge in [0.05, 0.1) is 6.07 Å². The lowest BCUT2D eigenvalue weighted by Crippen LogP contribution is -2.52. The lowest BCUT2D eigenvalue weighted by molar-refractivity contribution is -0.150. The molecule has 4 heteroatoms. The minimum Gasteiger partial charge on any atom is -0.480 e. The van der Waals surface area contributed by atoms with Crippen LogP contribution in [0.2, 0.25) is 0 Å². The maximum Gasteiger partial charge on any atom is 0.325 e. The Morgan fingerprint density at radius 1 is 1.64 bits per heavy atom. The van der Waals surface area contributed by atoms with Gasteiger partial charge in [-0.25, -0.2) is 0 Å². The van der Waals surface area contributed by atoms with E-state index in [0.717, 1.165) is 25.9 Å². The van der Waals surface area contributed by atoms with Gasteiger partial charge in [-0.05, 0) is 31.7 Å². The van der Waals surface area contributed by atoms with Crippen LogP contribution >= 0.6 is 0 Å². The van der Waals surface area contributed by atoms with Crippen molar-refractivity contribution in [1.82, 2.24) is 4.90 Å². The Hall–Kier alpha value is -1.08. The summed E-state index contributed by atoms with van der Waals surface area (Å²) in [6, 6.07) is 2.00. The van der Waals surface area contributed by atoms with Crippen molar-refractivity contribution in [2.45, 2.75) is 19.3 Å². The van der Waals surface area contributed by atoms with E-state index >= 15 is 0 Å². The third kappa shape index (κ3) is 1.38. The van der Waals surface area contributed by atoms with Crippen molar-refractivity contribution in [3.63, 3.8) is 0 Å². The highest BCUT2D eigenvalue weighted by atomic mass is 16.4. The van der Waals surface area contributed by atoms with Gasteiger partial charge in [0, 0.05) is 13.1 Å². The first-order chi connectivity index (χ1) is 6.66. The highest BCUT2D eigenvalue weighted by Gasteiger charge is 2.47. The predicted molar refractivity (Wildman–Crippen MR) is 49.5 cm³/mol. The van der Waals surface area contributed by atoms with E-state index in [1.165, 1.54) is 0 Å². The van der Waals surface area contributed by atoms with Crippen LogP contribution in [0.25, 0.3) is 0 Å². The van der Waals surface area contributed by atoms with Crippen LogP contribution in [0.1, 0.15) is 19.3 Å². The van der Waals surface area contributed by atoms with Crippen molar-refractivity contribution in [3.8, 4) is 6.07 Å². The third-order valence-corrected chi connectivity index (χ3v) is 3.36. The number of hydrogen-bond acceptors (Lipinski definition) is 3. The molecule has 0 aromatic carbocycles. The zero-order valence-electron chi connectivity index (χ0n) is 8.07. The fourth-order valence-electron chi connectivity index (χ4n) is 2.68. The molecule has 1 N–H and O–H groups in total. The number of carbonyl (C=O) groups is 1. The van der Waals surface area contributed by atoms with Crippen LogP contribution in [-0.4, -0.2) is 35.6 Å². The first-order valence-corrected chi connectivity index (χ1v) is 5.03. The molecule has 14 heavy (non-hydrogen) atoms. The number of piperidine rings is 2. The molecule has 0 radical (unpaired) electrons. The molecule has 3 atom stereocenters. The molecule has 0 aliphatic carbocycles. The molecule has 2 aliphatic rings. The summed E-state index contributed by atoms with van der Waals surface area (Å²) in [6.07, 6.45) is 2.76. The van der Waals surface area contributed by atoms with Gasteiger partial charge in [-0.1, -0.05) is 0 Å². The Bertz CT molecular complexity index is 283. The van der Waals surface area contributed by atoms with E-state index in [4.69, 9.17) is 10.4 Å². The average molecular weight is 194 g/mol. The predicted octanol–water partition coefficient (Wildman–Crippen LogP) is 0.697. The van der Waals surface area contributed by atoms with E-state index in [0.29, 0.717) is 18.9 Å². The van der Waals surface area contributed by atoms with Crippen molar-refractivity contribution in [2.75, 3.05) is 19.6 Å². The van der Waals surface area contributed by atoms with E-state index in [1.54, 1.807) is 0 Å². The van der Waals surface area contributed by atoms with Gasteiger partial charge in [0.25, 0.3) is 0 Å². The van der Waals surface area contributed by atoms with Gasteiger partial charge in [0.2, 0.25) is 0 Å². The van der Waals surface area contributed by atoms with Crippen LogP contribution in [0.5, 0.6) is 0 Å². The minimum absolute atomic E-state index is 0.410. The molecule has 0 spiro atoms. The Labute approximate surface area is 83.1 Å². The molecule has 3 unspecified atom stereocenters. The second kappa shape index (κ2) is 3.25. The van der Waals surface area contributed by atoms with Crippen LogP contribution in [0.3, 0.4) is 0 Å². The highest BCUT2D eigenvalue weighted by molar-refractivity contribution is 5.78. The van der Waals surface area contributed by atoms with E-state index < -0.39 is 11.4 Å². The van der Waals surface area contributed by atoms with Crippen LogP contribution in [-0.2, 0) is 4.79 Å². The highest BCUT2D eigenvalue weighted by Crippen LogP contribution is 2.37. The van der Waals surface area contributed by atoms with Crippen LogP contribution < -0.4 is 0 Å². The largest absolute Gasteiger partial charge is 0.480 e. The minimum atomic E-state index is -1.14.